The molecule has 2 aromatic rings. The molecule has 0 saturated heterocycles. The summed E-state index contributed by atoms with van der Waals surface area (Å²) in [6.45, 7) is 2.91. The molecule has 0 N–H and O–H groups in total. The maximum atomic E-state index is 12.9. The summed E-state index contributed by atoms with van der Waals surface area (Å²) in [5.74, 6) is 0.494. The maximum absolute atomic E-state index is 12.9. The van der Waals surface area contributed by atoms with Crippen LogP contribution in [0.1, 0.15) is 29.8 Å². The average Bonchev–Trinajstić information content (AvgIpc) is 2.91. The Morgan fingerprint density at radius 2 is 1.77 bits per heavy atom. The summed E-state index contributed by atoms with van der Waals surface area (Å²) in [6, 6.07) is 8.05. The van der Waals surface area contributed by atoms with Gasteiger partial charge in [-0.2, -0.15) is 8.42 Å². The minimum Gasteiger partial charge on any atom is -0.350 e. The van der Waals surface area contributed by atoms with E-state index in [4.69, 9.17) is 0 Å². The van der Waals surface area contributed by atoms with E-state index in [0.29, 0.717) is 31.8 Å². The first-order valence-corrected chi connectivity index (χ1v) is 11.9. The van der Waals surface area contributed by atoms with Gasteiger partial charge in [0.2, 0.25) is 5.82 Å². The number of hydrogen-bond donors (Lipinski definition) is 0. The fourth-order valence-corrected chi connectivity index (χ4v) is 4.16. The van der Waals surface area contributed by atoms with Crippen LogP contribution in [0.5, 0.6) is 0 Å². The van der Waals surface area contributed by atoms with Gasteiger partial charge in [0.25, 0.3) is 10.1 Å². The molecule has 0 spiro atoms. The number of anilines is 1. The highest BCUT2D eigenvalue weighted by Crippen LogP contribution is 2.26. The van der Waals surface area contributed by atoms with Crippen LogP contribution in [0, 0.1) is 17.0 Å². The third-order valence-corrected chi connectivity index (χ3v) is 5.89. The molecule has 1 aliphatic heterocycles. The van der Waals surface area contributed by atoms with Crippen LogP contribution >= 0.6 is 0 Å². The van der Waals surface area contributed by atoms with E-state index in [1.165, 1.54) is 15.7 Å². The van der Waals surface area contributed by atoms with E-state index < -0.39 is 26.3 Å². The van der Waals surface area contributed by atoms with Gasteiger partial charge >= 0.3 is 11.2 Å². The number of unbranched alkanes of at least 4 members (excludes halogenated alkanes) is 1. The molecule has 0 saturated carbocycles. The van der Waals surface area contributed by atoms with Crippen LogP contribution in [-0.2, 0) is 33.7 Å². The summed E-state index contributed by atoms with van der Waals surface area (Å²) in [5, 5.41) is 11.8. The standard InChI is InChI=1S/C20H26N4O6S/c1-15-21-19(22-12-9-16-7-3-4-8-17(16)10-13-22)18(24(26)27)20(25)23(15)11-5-6-14-30-31(2,28)29/h3-4,7-8H,5-6,9-14H2,1-2H3. The van der Waals surface area contributed by atoms with Crippen molar-refractivity contribution in [3.8, 4) is 0 Å². The van der Waals surface area contributed by atoms with Crippen LogP contribution in [0.2, 0.25) is 0 Å². The van der Waals surface area contributed by atoms with E-state index in [0.717, 1.165) is 19.1 Å². The second-order valence-corrected chi connectivity index (χ2v) is 9.18. The Morgan fingerprint density at radius 3 is 2.32 bits per heavy atom. The molecule has 1 aromatic heterocycles. The minimum absolute atomic E-state index is 0.00538. The fourth-order valence-electron chi connectivity index (χ4n) is 3.74. The number of benzene rings is 1. The van der Waals surface area contributed by atoms with Crippen LogP contribution in [0.25, 0.3) is 0 Å². The molecule has 0 unspecified atom stereocenters. The molecule has 10 nitrogen and oxygen atoms in total. The number of nitro groups is 1. The number of rotatable bonds is 8. The van der Waals surface area contributed by atoms with Crippen molar-refractivity contribution < 1.29 is 17.5 Å². The molecule has 0 fully saturated rings. The zero-order valence-corrected chi connectivity index (χ0v) is 18.4. The lowest BCUT2D eigenvalue weighted by molar-refractivity contribution is -0.386. The lowest BCUT2D eigenvalue weighted by Gasteiger charge is -2.22. The minimum atomic E-state index is -3.52. The summed E-state index contributed by atoms with van der Waals surface area (Å²) in [6.07, 6.45) is 3.22. The van der Waals surface area contributed by atoms with Crippen LogP contribution in [0.3, 0.4) is 0 Å². The van der Waals surface area contributed by atoms with Crippen LogP contribution in [0.15, 0.2) is 29.1 Å². The molecule has 0 bridgehead atoms. The van der Waals surface area contributed by atoms with Crippen molar-refractivity contribution in [1.29, 1.82) is 0 Å². The lowest BCUT2D eigenvalue weighted by atomic mass is 10.0. The highest BCUT2D eigenvalue weighted by atomic mass is 32.2. The van der Waals surface area contributed by atoms with Crippen LogP contribution < -0.4 is 10.5 Å². The molecule has 0 amide bonds. The first kappa shape index (κ1) is 22.9. The Hall–Kier alpha value is -2.79. The molecular weight excluding hydrogens is 424 g/mol. The Bertz CT molecular complexity index is 1100. The van der Waals surface area contributed by atoms with Crippen molar-refractivity contribution in [2.45, 2.75) is 39.2 Å². The predicted molar refractivity (Wildman–Crippen MR) is 116 cm³/mol. The molecule has 0 atom stereocenters. The van der Waals surface area contributed by atoms with Gasteiger partial charge in [0.1, 0.15) is 5.82 Å². The molecule has 2 heterocycles. The molecular formula is C20H26N4O6S. The third kappa shape index (κ3) is 5.67. The van der Waals surface area contributed by atoms with Gasteiger partial charge in [0.05, 0.1) is 17.8 Å². The summed E-state index contributed by atoms with van der Waals surface area (Å²) in [7, 11) is -3.52. The Morgan fingerprint density at radius 1 is 1.16 bits per heavy atom. The topological polar surface area (TPSA) is 125 Å². The monoisotopic (exact) mass is 450 g/mol. The maximum Gasteiger partial charge on any atom is 0.376 e. The number of fused-ring (bicyclic) bond motifs is 1. The van der Waals surface area contributed by atoms with E-state index in [1.807, 2.05) is 17.0 Å². The number of nitrogens with zero attached hydrogens (tertiary/aromatic N) is 4. The highest BCUT2D eigenvalue weighted by molar-refractivity contribution is 7.85. The zero-order valence-electron chi connectivity index (χ0n) is 17.6. The molecule has 1 aromatic carbocycles. The van der Waals surface area contributed by atoms with Gasteiger partial charge in [-0.05, 0) is 43.7 Å². The van der Waals surface area contributed by atoms with Crippen LogP contribution in [-0.4, -0.2) is 48.8 Å². The lowest BCUT2D eigenvalue weighted by Crippen LogP contribution is -2.34. The second kappa shape index (κ2) is 9.56. The Kier molecular flexibility index (Phi) is 7.06. The molecule has 168 valence electrons. The van der Waals surface area contributed by atoms with E-state index in [-0.39, 0.29) is 19.0 Å². The van der Waals surface area contributed by atoms with Gasteiger partial charge in [0.15, 0.2) is 0 Å². The third-order valence-electron chi connectivity index (χ3n) is 5.29. The van der Waals surface area contributed by atoms with Gasteiger partial charge in [-0.25, -0.2) is 4.98 Å². The van der Waals surface area contributed by atoms with E-state index in [9.17, 15) is 23.3 Å². The van der Waals surface area contributed by atoms with Crippen molar-refractivity contribution in [3.63, 3.8) is 0 Å². The van der Waals surface area contributed by atoms with Gasteiger partial charge < -0.3 is 4.90 Å². The second-order valence-electron chi connectivity index (χ2n) is 7.53. The largest absolute Gasteiger partial charge is 0.376 e. The van der Waals surface area contributed by atoms with Crippen molar-refractivity contribution >= 4 is 21.6 Å². The molecule has 0 radical (unpaired) electrons. The number of aryl methyl sites for hydroxylation is 1. The predicted octanol–water partition coefficient (Wildman–Crippen LogP) is 1.82. The van der Waals surface area contributed by atoms with E-state index in [1.54, 1.807) is 6.92 Å². The number of aromatic nitrogens is 2. The Labute approximate surface area is 180 Å². The fraction of sp³-hybridized carbons (Fsp3) is 0.500. The van der Waals surface area contributed by atoms with Crippen molar-refractivity contribution in [2.75, 3.05) is 30.9 Å². The van der Waals surface area contributed by atoms with E-state index >= 15 is 0 Å². The summed E-state index contributed by atoms with van der Waals surface area (Å²) in [5.41, 5.74) is 1.19. The first-order chi connectivity index (χ1) is 14.7. The molecule has 3 rings (SSSR count). The summed E-state index contributed by atoms with van der Waals surface area (Å²) < 4.78 is 28.0. The van der Waals surface area contributed by atoms with Gasteiger partial charge in [-0.3, -0.25) is 23.7 Å². The Balaban J connectivity index is 1.81. The summed E-state index contributed by atoms with van der Waals surface area (Å²) in [4.78, 5) is 30.3. The molecule has 0 aliphatic carbocycles. The normalized spacial score (nSPS) is 14.2. The molecule has 31 heavy (non-hydrogen) atoms. The zero-order chi connectivity index (χ0) is 22.6. The highest BCUT2D eigenvalue weighted by Gasteiger charge is 2.29. The van der Waals surface area contributed by atoms with Gasteiger partial charge in [0, 0.05) is 19.6 Å². The smallest absolute Gasteiger partial charge is 0.350 e. The van der Waals surface area contributed by atoms with E-state index in [2.05, 4.69) is 21.3 Å². The van der Waals surface area contributed by atoms with Gasteiger partial charge in [-0.15, -0.1) is 0 Å². The SMILES string of the molecule is Cc1nc(N2CCc3ccccc3CC2)c([N+](=O)[O-])c(=O)n1CCCCOS(C)(=O)=O. The quantitative estimate of drug-likeness (QED) is 0.258. The number of hydrogen-bond acceptors (Lipinski definition) is 8. The molecule has 11 heteroatoms. The van der Waals surface area contributed by atoms with Crippen molar-refractivity contribution in [2.24, 2.45) is 0 Å². The average molecular weight is 451 g/mol. The summed E-state index contributed by atoms with van der Waals surface area (Å²) >= 11 is 0. The first-order valence-electron chi connectivity index (χ1n) is 10.1. The molecule has 1 aliphatic rings. The van der Waals surface area contributed by atoms with Gasteiger partial charge in [-0.1, -0.05) is 24.3 Å². The van der Waals surface area contributed by atoms with Crippen molar-refractivity contribution in [1.82, 2.24) is 9.55 Å². The van der Waals surface area contributed by atoms with Crippen LogP contribution in [0.4, 0.5) is 11.5 Å². The van der Waals surface area contributed by atoms with Crippen molar-refractivity contribution in [3.05, 3.63) is 61.7 Å².